The smallest absolute Gasteiger partial charge is 0.254 e. The molecule has 0 aliphatic carbocycles. The molecule has 2 amide bonds. The summed E-state index contributed by atoms with van der Waals surface area (Å²) in [4.78, 5) is 34.6. The van der Waals surface area contributed by atoms with E-state index in [4.69, 9.17) is 9.47 Å². The molecule has 0 bridgehead atoms. The van der Waals surface area contributed by atoms with Crippen molar-refractivity contribution >= 4 is 22.7 Å². The monoisotopic (exact) mass is 503 g/mol. The average Bonchev–Trinajstić information content (AvgIpc) is 3.30. The number of fused-ring (bicyclic) bond motifs is 5. The Labute approximate surface area is 218 Å². The van der Waals surface area contributed by atoms with Gasteiger partial charge in [-0.2, -0.15) is 0 Å². The van der Waals surface area contributed by atoms with Crippen LogP contribution in [0.3, 0.4) is 0 Å². The number of benzene rings is 2. The van der Waals surface area contributed by atoms with Crippen LogP contribution in [0.25, 0.3) is 10.9 Å². The summed E-state index contributed by atoms with van der Waals surface area (Å²) in [5, 5.41) is 1.08. The van der Waals surface area contributed by atoms with Crippen LogP contribution in [0.1, 0.15) is 69.7 Å². The molecule has 0 radical (unpaired) electrons. The van der Waals surface area contributed by atoms with E-state index in [0.717, 1.165) is 52.7 Å². The third-order valence-corrected chi connectivity index (χ3v) is 7.73. The number of H-pyrrole nitrogens is 1. The predicted molar refractivity (Wildman–Crippen MR) is 144 cm³/mol. The summed E-state index contributed by atoms with van der Waals surface area (Å²) in [5.74, 6) is 1.29. The maximum absolute atomic E-state index is 14.0. The molecule has 1 N–H and O–H groups in total. The maximum Gasteiger partial charge on any atom is 0.254 e. The van der Waals surface area contributed by atoms with Crippen LogP contribution >= 0.6 is 0 Å². The van der Waals surface area contributed by atoms with Crippen LogP contribution in [0.15, 0.2) is 42.5 Å². The first-order valence-electron chi connectivity index (χ1n) is 13.5. The minimum Gasteiger partial charge on any atom is -0.490 e. The van der Waals surface area contributed by atoms with Crippen LogP contribution in [0, 0.1) is 0 Å². The fourth-order valence-corrected chi connectivity index (χ4v) is 5.85. The quantitative estimate of drug-likeness (QED) is 0.436. The molecule has 7 nitrogen and oxygen atoms in total. The molecule has 5 rings (SSSR count). The minimum atomic E-state index is -1.07. The zero-order valence-electron chi connectivity index (χ0n) is 22.3. The van der Waals surface area contributed by atoms with Crippen molar-refractivity contribution < 1.29 is 19.1 Å². The van der Waals surface area contributed by atoms with E-state index in [-0.39, 0.29) is 24.3 Å². The molecule has 1 aromatic heterocycles. The number of piperazine rings is 1. The molecule has 0 saturated carbocycles. The van der Waals surface area contributed by atoms with E-state index in [1.807, 2.05) is 44.2 Å². The van der Waals surface area contributed by atoms with Gasteiger partial charge in [0.15, 0.2) is 17.0 Å². The molecule has 2 unspecified atom stereocenters. The van der Waals surface area contributed by atoms with Gasteiger partial charge in [-0.3, -0.25) is 9.59 Å². The van der Waals surface area contributed by atoms with Crippen molar-refractivity contribution in [1.29, 1.82) is 0 Å². The zero-order chi connectivity index (χ0) is 26.2. The Kier molecular flexibility index (Phi) is 6.88. The molecule has 3 aromatic rings. The highest BCUT2D eigenvalue weighted by molar-refractivity contribution is 6.01. The number of carbonyl (C=O) groups is 2. The van der Waals surface area contributed by atoms with Crippen LogP contribution in [-0.2, 0) is 15.1 Å². The summed E-state index contributed by atoms with van der Waals surface area (Å²) in [7, 11) is 0. The maximum atomic E-state index is 14.0. The molecule has 37 heavy (non-hydrogen) atoms. The van der Waals surface area contributed by atoms with Gasteiger partial charge >= 0.3 is 0 Å². The summed E-state index contributed by atoms with van der Waals surface area (Å²) >= 11 is 0. The van der Waals surface area contributed by atoms with E-state index in [1.165, 1.54) is 0 Å². The largest absolute Gasteiger partial charge is 0.490 e. The van der Waals surface area contributed by atoms with Crippen molar-refractivity contribution in [3.63, 3.8) is 0 Å². The number of hydrogen-bond donors (Lipinski definition) is 1. The summed E-state index contributed by atoms with van der Waals surface area (Å²) in [6, 6.07) is 14.2. The van der Waals surface area contributed by atoms with Crippen molar-refractivity contribution in [2.24, 2.45) is 0 Å². The van der Waals surface area contributed by atoms with Gasteiger partial charge in [0.1, 0.15) is 0 Å². The van der Waals surface area contributed by atoms with E-state index >= 15 is 0 Å². The number of nitrogens with one attached hydrogen (secondary N) is 1. The molecule has 2 atom stereocenters. The number of aromatic amines is 1. The second-order valence-electron chi connectivity index (χ2n) is 10.2. The number of amides is 2. The van der Waals surface area contributed by atoms with Crippen LogP contribution in [0.5, 0.6) is 11.5 Å². The molecule has 1 saturated heterocycles. The predicted octanol–water partition coefficient (Wildman–Crippen LogP) is 5.19. The van der Waals surface area contributed by atoms with E-state index in [9.17, 15) is 9.59 Å². The highest BCUT2D eigenvalue weighted by Crippen LogP contribution is 2.49. The van der Waals surface area contributed by atoms with Gasteiger partial charge < -0.3 is 24.3 Å². The number of unbranched alkanes of at least 4 members (excludes halogenated alkanes) is 1. The molecule has 196 valence electrons. The molecule has 2 aliphatic heterocycles. The van der Waals surface area contributed by atoms with E-state index in [2.05, 4.69) is 31.0 Å². The lowest BCUT2D eigenvalue weighted by atomic mass is 9.76. The molecular weight excluding hydrogens is 466 g/mol. The van der Waals surface area contributed by atoms with Crippen molar-refractivity contribution in [1.82, 2.24) is 14.8 Å². The number of hydrogen-bond acceptors (Lipinski definition) is 4. The van der Waals surface area contributed by atoms with Gasteiger partial charge in [-0.1, -0.05) is 44.5 Å². The van der Waals surface area contributed by atoms with Gasteiger partial charge in [0.2, 0.25) is 5.91 Å². The Morgan fingerprint density at radius 2 is 1.84 bits per heavy atom. The number of nitrogens with zero attached hydrogens (tertiary/aromatic N) is 2. The van der Waals surface area contributed by atoms with Gasteiger partial charge in [-0.05, 0) is 56.0 Å². The van der Waals surface area contributed by atoms with Gasteiger partial charge in [0, 0.05) is 29.9 Å². The van der Waals surface area contributed by atoms with Gasteiger partial charge in [0.05, 0.1) is 25.5 Å². The third kappa shape index (κ3) is 4.14. The highest BCUT2D eigenvalue weighted by atomic mass is 16.5. The summed E-state index contributed by atoms with van der Waals surface area (Å²) in [6.07, 6.45) is 2.76. The minimum absolute atomic E-state index is 0.00914. The van der Waals surface area contributed by atoms with Gasteiger partial charge in [0.25, 0.3) is 5.91 Å². The van der Waals surface area contributed by atoms with Crippen LogP contribution in [0.4, 0.5) is 0 Å². The lowest BCUT2D eigenvalue weighted by Crippen LogP contribution is -2.67. The fourth-order valence-electron chi connectivity index (χ4n) is 5.85. The lowest BCUT2D eigenvalue weighted by molar-refractivity contribution is -0.166. The van der Waals surface area contributed by atoms with E-state index < -0.39 is 5.54 Å². The number of rotatable bonds is 9. The Morgan fingerprint density at radius 1 is 1.03 bits per heavy atom. The Balaban J connectivity index is 1.66. The molecule has 0 spiro atoms. The Morgan fingerprint density at radius 3 is 2.59 bits per heavy atom. The van der Waals surface area contributed by atoms with Crippen molar-refractivity contribution in [2.45, 2.75) is 58.4 Å². The molecule has 2 aliphatic rings. The molecule has 7 heteroatoms. The first-order chi connectivity index (χ1) is 17.9. The third-order valence-electron chi connectivity index (χ3n) is 7.73. The molecule has 1 fully saturated rings. The first-order valence-corrected chi connectivity index (χ1v) is 13.5. The van der Waals surface area contributed by atoms with Gasteiger partial charge in [-0.15, -0.1) is 0 Å². The molecular formula is C30H37N3O4. The first kappa shape index (κ1) is 25.2. The van der Waals surface area contributed by atoms with Gasteiger partial charge in [-0.25, -0.2) is 0 Å². The highest BCUT2D eigenvalue weighted by Gasteiger charge is 2.56. The number of aromatic nitrogens is 1. The number of ether oxygens (including phenoxy) is 2. The standard InChI is InChI=1S/C30H37N3O4/c1-5-8-15-32-19-26(34)33-18-22(20-13-14-24(37-16-6-2)25(17-20)36-7-3)27-21-11-9-10-12-23(21)31-28(27)30(33,4)29(32)35/h9-14,17,22,31H,5-8,15-16,18-19H2,1-4H3. The number of carbonyl (C=O) groups excluding carboxylic acids is 2. The summed E-state index contributed by atoms with van der Waals surface area (Å²) in [5.41, 5.74) is 2.83. The molecule has 3 heterocycles. The average molecular weight is 504 g/mol. The van der Waals surface area contributed by atoms with Crippen molar-refractivity contribution in [3.8, 4) is 11.5 Å². The fraction of sp³-hybridized carbons (Fsp3) is 0.467. The lowest BCUT2D eigenvalue weighted by Gasteiger charge is -2.51. The second kappa shape index (κ2) is 10.1. The number of para-hydroxylation sites is 1. The Bertz CT molecular complexity index is 1320. The SMILES string of the molecule is CCCCN1CC(=O)N2CC(c3ccc(OCCC)c(OCC)c3)c3c([nH]c4ccccc34)C2(C)C1=O. The Hall–Kier alpha value is -3.48. The zero-order valence-corrected chi connectivity index (χ0v) is 22.3. The van der Waals surface area contributed by atoms with Crippen LogP contribution in [0.2, 0.25) is 0 Å². The van der Waals surface area contributed by atoms with E-state index in [1.54, 1.807) is 9.80 Å². The topological polar surface area (TPSA) is 74.9 Å². The summed E-state index contributed by atoms with van der Waals surface area (Å²) < 4.78 is 11.9. The van der Waals surface area contributed by atoms with E-state index in [0.29, 0.717) is 32.1 Å². The summed E-state index contributed by atoms with van der Waals surface area (Å²) in [6.45, 7) is 10.3. The van der Waals surface area contributed by atoms with Crippen molar-refractivity contribution in [3.05, 3.63) is 59.3 Å². The molecule has 2 aromatic carbocycles. The van der Waals surface area contributed by atoms with Crippen molar-refractivity contribution in [2.75, 3.05) is 32.8 Å². The second-order valence-corrected chi connectivity index (χ2v) is 10.2. The van der Waals surface area contributed by atoms with Crippen LogP contribution < -0.4 is 9.47 Å². The van der Waals surface area contributed by atoms with Crippen LogP contribution in [-0.4, -0.2) is 59.4 Å². The normalized spacial score (nSPS) is 21.2.